The molecule has 1 aromatic carbocycles. The number of nitrogens with two attached hydrogens (primary N) is 1. The Morgan fingerprint density at radius 2 is 2.00 bits per heavy atom. The van der Waals surface area contributed by atoms with Gasteiger partial charge in [-0.3, -0.25) is 9.80 Å². The van der Waals surface area contributed by atoms with Crippen LogP contribution in [0.2, 0.25) is 0 Å². The van der Waals surface area contributed by atoms with Crippen LogP contribution in [0.25, 0.3) is 0 Å². The van der Waals surface area contributed by atoms with E-state index in [2.05, 4.69) is 5.18 Å². The number of carbonyl (C=O) groups is 1. The monoisotopic (exact) mass is 277 g/mol. The number of Topliss-reactive ketones (excluding diaryl/α,β-unsaturated/α-hetero) is 1. The third-order valence-electron chi connectivity index (χ3n) is 2.62. The minimum Gasteiger partial charge on any atom is -0.367 e. The predicted octanol–water partition coefficient (Wildman–Crippen LogP) is 1.31. The molecule has 0 bridgehead atoms. The van der Waals surface area contributed by atoms with E-state index in [1.165, 1.54) is 5.01 Å². The van der Waals surface area contributed by atoms with Gasteiger partial charge in [-0.15, -0.1) is 4.91 Å². The molecule has 0 saturated carbocycles. The molecule has 19 heavy (non-hydrogen) atoms. The summed E-state index contributed by atoms with van der Waals surface area (Å²) in [5.41, 5.74) is 0.653. The summed E-state index contributed by atoms with van der Waals surface area (Å²) >= 11 is 5.17. The number of rotatable bonds is 3. The van der Waals surface area contributed by atoms with Crippen molar-refractivity contribution in [3.8, 4) is 0 Å². The summed E-state index contributed by atoms with van der Waals surface area (Å²) in [6.07, 6.45) is 0. The standard InChI is InChI=1S/C12H11N3O3S/c13-15(8-4-2-1-3-5-8)12(19)11-9(14-17)6-18-7-10(11)16/h1-5H,6-7,13H2. The molecule has 0 aromatic heterocycles. The lowest BCUT2D eigenvalue weighted by Gasteiger charge is -2.23. The van der Waals surface area contributed by atoms with E-state index in [1.54, 1.807) is 24.3 Å². The Kier molecular flexibility index (Phi) is 4.10. The number of ketones is 1. The molecule has 1 aliphatic heterocycles. The van der Waals surface area contributed by atoms with Crippen molar-refractivity contribution in [2.75, 3.05) is 18.2 Å². The van der Waals surface area contributed by atoms with Crippen LogP contribution < -0.4 is 10.9 Å². The van der Waals surface area contributed by atoms with Gasteiger partial charge in [0.25, 0.3) is 0 Å². The van der Waals surface area contributed by atoms with Gasteiger partial charge in [0, 0.05) is 0 Å². The minimum atomic E-state index is -0.391. The zero-order chi connectivity index (χ0) is 13.8. The summed E-state index contributed by atoms with van der Waals surface area (Å²) in [6.45, 7) is -0.162. The zero-order valence-corrected chi connectivity index (χ0v) is 10.7. The number of ether oxygens (including phenoxy) is 1. The van der Waals surface area contributed by atoms with Crippen molar-refractivity contribution in [1.82, 2.24) is 0 Å². The van der Waals surface area contributed by atoms with E-state index in [9.17, 15) is 9.70 Å². The Morgan fingerprint density at radius 1 is 1.32 bits per heavy atom. The van der Waals surface area contributed by atoms with Gasteiger partial charge in [0.1, 0.15) is 17.3 Å². The van der Waals surface area contributed by atoms with E-state index >= 15 is 0 Å². The molecule has 0 aliphatic carbocycles. The number of hydrogen-bond donors (Lipinski definition) is 1. The first-order valence-electron chi connectivity index (χ1n) is 5.46. The van der Waals surface area contributed by atoms with Crippen LogP contribution in [-0.4, -0.2) is 24.0 Å². The van der Waals surface area contributed by atoms with Crippen molar-refractivity contribution in [3.05, 3.63) is 46.5 Å². The van der Waals surface area contributed by atoms with Crippen LogP contribution in [-0.2, 0) is 9.53 Å². The third kappa shape index (κ3) is 2.73. The van der Waals surface area contributed by atoms with E-state index in [4.69, 9.17) is 22.8 Å². The molecule has 0 radical (unpaired) electrons. The summed E-state index contributed by atoms with van der Waals surface area (Å²) in [6, 6.07) is 8.89. The lowest BCUT2D eigenvalue weighted by Crippen LogP contribution is -2.41. The SMILES string of the molecule is NN(C(=S)C1=C(N=O)COCC1=O)c1ccccc1. The van der Waals surface area contributed by atoms with Crippen LogP contribution in [0.3, 0.4) is 0 Å². The van der Waals surface area contributed by atoms with E-state index in [1.807, 2.05) is 6.07 Å². The largest absolute Gasteiger partial charge is 0.367 e. The molecule has 7 heteroatoms. The van der Waals surface area contributed by atoms with E-state index in [0.717, 1.165) is 0 Å². The number of anilines is 1. The normalized spacial score (nSPS) is 15.3. The Bertz CT molecular complexity index is 557. The molecular weight excluding hydrogens is 266 g/mol. The third-order valence-corrected chi connectivity index (χ3v) is 3.02. The number of hydrogen-bond acceptors (Lipinski definition) is 6. The molecule has 0 fully saturated rings. The molecule has 0 saturated heterocycles. The molecule has 0 unspecified atom stereocenters. The summed E-state index contributed by atoms with van der Waals surface area (Å²) in [5, 5.41) is 3.97. The van der Waals surface area contributed by atoms with Gasteiger partial charge in [-0.05, 0) is 17.3 Å². The number of benzene rings is 1. The minimum absolute atomic E-state index is 0.0207. The summed E-state index contributed by atoms with van der Waals surface area (Å²) in [4.78, 5) is 22.6. The van der Waals surface area contributed by atoms with Crippen molar-refractivity contribution in [2.24, 2.45) is 11.0 Å². The number of para-hydroxylation sites is 1. The van der Waals surface area contributed by atoms with Crippen molar-refractivity contribution < 1.29 is 9.53 Å². The van der Waals surface area contributed by atoms with Crippen LogP contribution in [0.5, 0.6) is 0 Å². The van der Waals surface area contributed by atoms with Gasteiger partial charge in [0.05, 0.1) is 17.9 Å². The molecule has 2 N–H and O–H groups in total. The van der Waals surface area contributed by atoms with Gasteiger partial charge in [0.15, 0.2) is 5.78 Å². The Morgan fingerprint density at radius 3 is 2.63 bits per heavy atom. The predicted molar refractivity (Wildman–Crippen MR) is 74.4 cm³/mol. The fraction of sp³-hybridized carbons (Fsp3) is 0.167. The van der Waals surface area contributed by atoms with Crippen molar-refractivity contribution in [2.45, 2.75) is 0 Å². The molecule has 0 amide bonds. The highest BCUT2D eigenvalue weighted by Gasteiger charge is 2.28. The van der Waals surface area contributed by atoms with Gasteiger partial charge < -0.3 is 4.74 Å². The molecule has 0 atom stereocenters. The number of thiocarbonyl (C=S) groups is 1. The Balaban J connectivity index is 2.35. The van der Waals surface area contributed by atoms with Crippen LogP contribution >= 0.6 is 12.2 Å². The maximum atomic E-state index is 11.8. The van der Waals surface area contributed by atoms with Gasteiger partial charge in [-0.1, -0.05) is 30.4 Å². The smallest absolute Gasteiger partial charge is 0.193 e. The van der Waals surface area contributed by atoms with Crippen LogP contribution in [0.1, 0.15) is 0 Å². The average molecular weight is 277 g/mol. The average Bonchev–Trinajstić information content (AvgIpc) is 2.46. The lowest BCUT2D eigenvalue weighted by molar-refractivity contribution is -0.120. The summed E-state index contributed by atoms with van der Waals surface area (Å²) < 4.78 is 4.93. The molecule has 1 aliphatic rings. The van der Waals surface area contributed by atoms with E-state index in [0.29, 0.717) is 5.69 Å². The molecule has 1 aromatic rings. The van der Waals surface area contributed by atoms with Crippen molar-refractivity contribution in [1.29, 1.82) is 0 Å². The Hall–Kier alpha value is -1.96. The van der Waals surface area contributed by atoms with Gasteiger partial charge in [0.2, 0.25) is 0 Å². The number of nitrogens with zero attached hydrogens (tertiary/aromatic N) is 2. The van der Waals surface area contributed by atoms with E-state index in [-0.39, 0.29) is 29.5 Å². The topological polar surface area (TPSA) is 85.0 Å². The first kappa shape index (κ1) is 13.5. The maximum Gasteiger partial charge on any atom is 0.193 e. The first-order chi connectivity index (χ1) is 9.15. The molecule has 0 spiro atoms. The van der Waals surface area contributed by atoms with Gasteiger partial charge >= 0.3 is 0 Å². The molecule has 1 heterocycles. The van der Waals surface area contributed by atoms with Crippen LogP contribution in [0, 0.1) is 4.91 Å². The van der Waals surface area contributed by atoms with Crippen molar-refractivity contribution in [3.63, 3.8) is 0 Å². The quantitative estimate of drug-likeness (QED) is 0.388. The number of carbonyl (C=O) groups excluding carboxylic acids is 1. The van der Waals surface area contributed by atoms with Gasteiger partial charge in [-0.2, -0.15) is 0 Å². The molecule has 6 nitrogen and oxygen atoms in total. The van der Waals surface area contributed by atoms with Crippen molar-refractivity contribution >= 4 is 28.7 Å². The fourth-order valence-electron chi connectivity index (χ4n) is 1.69. The summed E-state index contributed by atoms with van der Waals surface area (Å²) in [5.74, 6) is 5.48. The second-order valence-corrected chi connectivity index (χ2v) is 4.23. The lowest BCUT2D eigenvalue weighted by atomic mass is 10.1. The number of nitroso groups, excluding NO2 is 1. The fourth-order valence-corrected chi connectivity index (χ4v) is 2.02. The van der Waals surface area contributed by atoms with Gasteiger partial charge in [-0.25, -0.2) is 5.84 Å². The van der Waals surface area contributed by atoms with Crippen LogP contribution in [0.15, 0.2) is 46.8 Å². The summed E-state index contributed by atoms with van der Waals surface area (Å²) in [7, 11) is 0. The molecule has 98 valence electrons. The van der Waals surface area contributed by atoms with Crippen LogP contribution in [0.4, 0.5) is 5.69 Å². The molecule has 2 rings (SSSR count). The first-order valence-corrected chi connectivity index (χ1v) is 5.87. The second kappa shape index (κ2) is 5.79. The highest BCUT2D eigenvalue weighted by Crippen LogP contribution is 2.20. The highest BCUT2D eigenvalue weighted by molar-refractivity contribution is 7.81. The highest BCUT2D eigenvalue weighted by atomic mass is 32.1. The maximum absolute atomic E-state index is 11.8. The number of hydrazine groups is 1. The molecular formula is C12H11N3O3S. The zero-order valence-electron chi connectivity index (χ0n) is 9.91. The Labute approximate surface area is 114 Å². The van der Waals surface area contributed by atoms with E-state index < -0.39 is 5.78 Å². The second-order valence-electron chi connectivity index (χ2n) is 3.84.